The summed E-state index contributed by atoms with van der Waals surface area (Å²) >= 11 is 1.15. The summed E-state index contributed by atoms with van der Waals surface area (Å²) in [6.07, 6.45) is 0. The first-order valence-electron chi connectivity index (χ1n) is 7.40. The zero-order valence-corrected chi connectivity index (χ0v) is 13.7. The van der Waals surface area contributed by atoms with Gasteiger partial charge in [0.05, 0.1) is 5.69 Å². The van der Waals surface area contributed by atoms with E-state index in [4.69, 9.17) is 0 Å². The molecule has 3 aromatic rings. The van der Waals surface area contributed by atoms with Crippen molar-refractivity contribution in [2.24, 2.45) is 0 Å². The molecule has 0 spiro atoms. The van der Waals surface area contributed by atoms with E-state index in [-0.39, 0.29) is 5.91 Å². The van der Waals surface area contributed by atoms with Crippen LogP contribution in [0.5, 0.6) is 0 Å². The van der Waals surface area contributed by atoms with Gasteiger partial charge in [-0.15, -0.1) is 5.10 Å². The molecule has 0 N–H and O–H groups in total. The van der Waals surface area contributed by atoms with Gasteiger partial charge in [-0.1, -0.05) is 65.2 Å². The van der Waals surface area contributed by atoms with Crippen molar-refractivity contribution in [3.05, 3.63) is 82.4 Å². The first-order valence-corrected chi connectivity index (χ1v) is 8.17. The summed E-state index contributed by atoms with van der Waals surface area (Å²) in [4.78, 5) is 15.3. The van der Waals surface area contributed by atoms with Crippen molar-refractivity contribution >= 4 is 17.4 Å². The Morgan fingerprint density at radius 3 is 1.91 bits per heavy atom. The van der Waals surface area contributed by atoms with Crippen molar-refractivity contribution in [1.29, 1.82) is 0 Å². The average molecular weight is 323 g/mol. The van der Waals surface area contributed by atoms with Crippen molar-refractivity contribution in [3.8, 4) is 0 Å². The van der Waals surface area contributed by atoms with Gasteiger partial charge in [0.2, 0.25) is 0 Å². The summed E-state index contributed by atoms with van der Waals surface area (Å²) < 4.78 is 3.88. The number of carbonyl (C=O) groups excluding carboxylic acids is 1. The maximum atomic E-state index is 12.9. The number of carbonyl (C=O) groups is 1. The zero-order chi connectivity index (χ0) is 16.1. The van der Waals surface area contributed by atoms with Crippen molar-refractivity contribution in [1.82, 2.24) is 14.5 Å². The lowest BCUT2D eigenvalue weighted by molar-refractivity contribution is 0.0734. The Hall–Kier alpha value is -2.53. The van der Waals surface area contributed by atoms with E-state index in [0.717, 1.165) is 22.7 Å². The van der Waals surface area contributed by atoms with Gasteiger partial charge in [0.1, 0.15) is 4.88 Å². The maximum Gasteiger partial charge on any atom is 0.268 e. The lowest BCUT2D eigenvalue weighted by Crippen LogP contribution is -2.30. The highest BCUT2D eigenvalue weighted by Crippen LogP contribution is 2.17. The molecule has 1 amide bonds. The lowest BCUT2D eigenvalue weighted by Gasteiger charge is -2.22. The van der Waals surface area contributed by atoms with Crippen LogP contribution in [0.2, 0.25) is 0 Å². The topological polar surface area (TPSA) is 46.1 Å². The molecule has 1 heterocycles. The van der Waals surface area contributed by atoms with E-state index in [0.29, 0.717) is 23.7 Å². The predicted octanol–water partition coefficient (Wildman–Crippen LogP) is 3.69. The second kappa shape index (κ2) is 7.15. The SMILES string of the molecule is Cc1nnsc1C(=O)N(Cc1ccccc1)Cc1ccccc1. The van der Waals surface area contributed by atoms with Crippen LogP contribution in [0.25, 0.3) is 0 Å². The first-order chi connectivity index (χ1) is 11.2. The fraction of sp³-hybridized carbons (Fsp3) is 0.167. The fourth-order valence-electron chi connectivity index (χ4n) is 2.38. The largest absolute Gasteiger partial charge is 0.329 e. The number of hydrogen-bond acceptors (Lipinski definition) is 4. The highest BCUT2D eigenvalue weighted by molar-refractivity contribution is 7.07. The van der Waals surface area contributed by atoms with E-state index in [9.17, 15) is 4.79 Å². The van der Waals surface area contributed by atoms with Crippen molar-refractivity contribution in [2.45, 2.75) is 20.0 Å². The molecule has 3 rings (SSSR count). The van der Waals surface area contributed by atoms with E-state index in [1.54, 1.807) is 0 Å². The smallest absolute Gasteiger partial charge is 0.268 e. The van der Waals surface area contributed by atoms with Crippen LogP contribution < -0.4 is 0 Å². The number of aromatic nitrogens is 2. The highest BCUT2D eigenvalue weighted by Gasteiger charge is 2.21. The van der Waals surface area contributed by atoms with Crippen LogP contribution in [-0.4, -0.2) is 20.4 Å². The van der Waals surface area contributed by atoms with Gasteiger partial charge in [-0.3, -0.25) is 4.79 Å². The van der Waals surface area contributed by atoms with Gasteiger partial charge in [0.15, 0.2) is 0 Å². The van der Waals surface area contributed by atoms with Crippen LogP contribution in [-0.2, 0) is 13.1 Å². The summed E-state index contributed by atoms with van der Waals surface area (Å²) in [5.74, 6) is -0.0230. The van der Waals surface area contributed by atoms with Crippen LogP contribution in [0.1, 0.15) is 26.5 Å². The number of rotatable bonds is 5. The summed E-state index contributed by atoms with van der Waals surface area (Å²) in [7, 11) is 0. The Balaban J connectivity index is 1.86. The second-order valence-corrected chi connectivity index (χ2v) is 6.07. The molecule has 23 heavy (non-hydrogen) atoms. The molecule has 2 aromatic carbocycles. The molecule has 4 nitrogen and oxygen atoms in total. The zero-order valence-electron chi connectivity index (χ0n) is 12.8. The molecule has 0 saturated carbocycles. The standard InChI is InChI=1S/C18H17N3OS/c1-14-17(23-20-19-14)18(22)21(12-15-8-4-2-5-9-15)13-16-10-6-3-7-11-16/h2-11H,12-13H2,1H3. The fourth-order valence-corrected chi connectivity index (χ4v) is 3.00. The minimum Gasteiger partial charge on any atom is -0.329 e. The van der Waals surface area contributed by atoms with Gasteiger partial charge < -0.3 is 4.90 Å². The molecule has 0 radical (unpaired) electrons. The molecule has 0 aliphatic rings. The molecular weight excluding hydrogens is 306 g/mol. The molecule has 0 saturated heterocycles. The Morgan fingerprint density at radius 2 is 1.48 bits per heavy atom. The third-order valence-corrected chi connectivity index (χ3v) is 4.38. The minimum absolute atomic E-state index is 0.0230. The van der Waals surface area contributed by atoms with Gasteiger partial charge in [-0.2, -0.15) is 0 Å². The van der Waals surface area contributed by atoms with Crippen molar-refractivity contribution < 1.29 is 4.79 Å². The third-order valence-electron chi connectivity index (χ3n) is 3.57. The van der Waals surface area contributed by atoms with E-state index in [1.807, 2.05) is 72.5 Å². The van der Waals surface area contributed by atoms with Crippen LogP contribution in [0.4, 0.5) is 0 Å². The third kappa shape index (κ3) is 3.81. The predicted molar refractivity (Wildman–Crippen MR) is 91.1 cm³/mol. The normalized spacial score (nSPS) is 10.5. The number of hydrogen-bond donors (Lipinski definition) is 0. The Kier molecular flexibility index (Phi) is 4.78. The molecule has 0 bridgehead atoms. The summed E-state index contributed by atoms with van der Waals surface area (Å²) in [6.45, 7) is 2.94. The monoisotopic (exact) mass is 323 g/mol. The Bertz CT molecular complexity index is 730. The molecule has 0 fully saturated rings. The minimum atomic E-state index is -0.0230. The molecular formula is C18H17N3OS. The number of benzene rings is 2. The van der Waals surface area contributed by atoms with E-state index in [2.05, 4.69) is 9.59 Å². The van der Waals surface area contributed by atoms with E-state index in [1.165, 1.54) is 0 Å². The molecule has 0 unspecified atom stereocenters. The molecule has 0 aliphatic carbocycles. The summed E-state index contributed by atoms with van der Waals surface area (Å²) in [5, 5.41) is 3.96. The van der Waals surface area contributed by atoms with Crippen molar-refractivity contribution in [2.75, 3.05) is 0 Å². The highest BCUT2D eigenvalue weighted by atomic mass is 32.1. The van der Waals surface area contributed by atoms with Gasteiger partial charge >= 0.3 is 0 Å². The van der Waals surface area contributed by atoms with Gasteiger partial charge in [-0.25, -0.2) is 0 Å². The van der Waals surface area contributed by atoms with Gasteiger partial charge in [0.25, 0.3) is 5.91 Å². The second-order valence-electron chi connectivity index (χ2n) is 5.32. The quantitative estimate of drug-likeness (QED) is 0.719. The first kappa shape index (κ1) is 15.4. The van der Waals surface area contributed by atoms with Crippen LogP contribution in [0, 0.1) is 6.92 Å². The molecule has 5 heteroatoms. The van der Waals surface area contributed by atoms with E-state index >= 15 is 0 Å². The molecule has 1 aromatic heterocycles. The number of aryl methyl sites for hydroxylation is 1. The number of nitrogens with zero attached hydrogens (tertiary/aromatic N) is 3. The number of amides is 1. The van der Waals surface area contributed by atoms with Crippen LogP contribution >= 0.6 is 11.5 Å². The Labute approximate surface area is 139 Å². The van der Waals surface area contributed by atoms with Gasteiger partial charge in [-0.05, 0) is 29.6 Å². The molecule has 0 aliphatic heterocycles. The molecule has 116 valence electrons. The van der Waals surface area contributed by atoms with Crippen molar-refractivity contribution in [3.63, 3.8) is 0 Å². The summed E-state index contributed by atoms with van der Waals surface area (Å²) in [5.41, 5.74) is 2.89. The van der Waals surface area contributed by atoms with Gasteiger partial charge in [0, 0.05) is 13.1 Å². The van der Waals surface area contributed by atoms with E-state index < -0.39 is 0 Å². The maximum absolute atomic E-state index is 12.9. The lowest BCUT2D eigenvalue weighted by atomic mass is 10.1. The Morgan fingerprint density at radius 1 is 0.957 bits per heavy atom. The molecule has 0 atom stereocenters. The van der Waals surface area contributed by atoms with Crippen LogP contribution in [0.15, 0.2) is 60.7 Å². The summed E-state index contributed by atoms with van der Waals surface area (Å²) in [6, 6.07) is 20.0. The average Bonchev–Trinajstić information content (AvgIpc) is 3.01. The van der Waals surface area contributed by atoms with Crippen LogP contribution in [0.3, 0.4) is 0 Å².